The van der Waals surface area contributed by atoms with Gasteiger partial charge in [-0.05, 0) is 43.4 Å². The predicted molar refractivity (Wildman–Crippen MR) is 104 cm³/mol. The van der Waals surface area contributed by atoms with Gasteiger partial charge in [0.05, 0.1) is 18.9 Å². The number of fused-ring (bicyclic) bond motifs is 1. The maximum Gasteiger partial charge on any atom is 0.267 e. The second-order valence-electron chi connectivity index (χ2n) is 7.27. The summed E-state index contributed by atoms with van der Waals surface area (Å²) in [6, 6.07) is 4.89. The zero-order valence-corrected chi connectivity index (χ0v) is 16.1. The van der Waals surface area contributed by atoms with Gasteiger partial charge >= 0.3 is 0 Å². The van der Waals surface area contributed by atoms with Crippen LogP contribution in [0.15, 0.2) is 29.2 Å². The Morgan fingerprint density at radius 1 is 1.29 bits per heavy atom. The minimum absolute atomic E-state index is 0.222. The van der Waals surface area contributed by atoms with Crippen molar-refractivity contribution in [3.63, 3.8) is 0 Å². The Hall–Kier alpha value is -2.74. The Kier molecular flexibility index (Phi) is 5.38. The first-order chi connectivity index (χ1) is 13.6. The van der Waals surface area contributed by atoms with Gasteiger partial charge in [-0.1, -0.05) is 6.07 Å². The van der Waals surface area contributed by atoms with Crippen LogP contribution in [0.4, 0.5) is 5.82 Å². The molecule has 1 aliphatic heterocycles. The summed E-state index contributed by atoms with van der Waals surface area (Å²) in [7, 11) is 0. The molecular formula is C20H25N5O3. The highest BCUT2D eigenvalue weighted by molar-refractivity contribution is 5.79. The van der Waals surface area contributed by atoms with E-state index in [0.29, 0.717) is 19.8 Å². The third-order valence-corrected chi connectivity index (χ3v) is 5.34. The van der Waals surface area contributed by atoms with Crippen LogP contribution in [0.25, 0.3) is 0 Å². The van der Waals surface area contributed by atoms with E-state index >= 15 is 0 Å². The molecule has 2 aliphatic rings. The molecule has 1 amide bonds. The fourth-order valence-corrected chi connectivity index (χ4v) is 3.64. The lowest BCUT2D eigenvalue weighted by Crippen LogP contribution is -2.37. The maximum absolute atomic E-state index is 12.5. The molecule has 2 aromatic rings. The molecule has 1 saturated heterocycles. The monoisotopic (exact) mass is 383 g/mol. The number of aromatic nitrogens is 3. The lowest BCUT2D eigenvalue weighted by molar-refractivity contribution is -0.124. The molecule has 3 heterocycles. The maximum atomic E-state index is 12.5. The van der Waals surface area contributed by atoms with Crippen LogP contribution in [0.1, 0.15) is 36.2 Å². The summed E-state index contributed by atoms with van der Waals surface area (Å²) >= 11 is 0. The average molecular weight is 383 g/mol. The molecule has 1 aliphatic carbocycles. The van der Waals surface area contributed by atoms with Crippen molar-refractivity contribution in [2.45, 2.75) is 38.8 Å². The van der Waals surface area contributed by atoms with Crippen molar-refractivity contribution in [3.05, 3.63) is 51.6 Å². The molecule has 0 radical (unpaired) electrons. The smallest absolute Gasteiger partial charge is 0.267 e. The fraction of sp³-hybridized carbons (Fsp3) is 0.500. The zero-order valence-electron chi connectivity index (χ0n) is 16.1. The minimum Gasteiger partial charge on any atom is -0.378 e. The molecule has 28 heavy (non-hydrogen) atoms. The molecule has 4 rings (SSSR count). The zero-order chi connectivity index (χ0) is 19.5. The predicted octanol–water partition coefficient (Wildman–Crippen LogP) is 0.841. The van der Waals surface area contributed by atoms with E-state index in [4.69, 9.17) is 4.74 Å². The van der Waals surface area contributed by atoms with Gasteiger partial charge in [-0.15, -0.1) is 0 Å². The quantitative estimate of drug-likeness (QED) is 0.823. The van der Waals surface area contributed by atoms with Gasteiger partial charge < -0.3 is 15.0 Å². The molecule has 1 atom stereocenters. The molecule has 1 N–H and O–H groups in total. The van der Waals surface area contributed by atoms with Crippen LogP contribution in [0.3, 0.4) is 0 Å². The Labute approximate surface area is 163 Å². The van der Waals surface area contributed by atoms with Gasteiger partial charge in [-0.25, -0.2) is 9.67 Å². The third kappa shape index (κ3) is 3.91. The van der Waals surface area contributed by atoms with Gasteiger partial charge in [-0.3, -0.25) is 9.59 Å². The molecule has 148 valence electrons. The number of rotatable bonds is 5. The van der Waals surface area contributed by atoms with Gasteiger partial charge in [-0.2, -0.15) is 5.10 Å². The number of carbonyl (C=O) groups excluding carboxylic acids is 1. The Bertz CT molecular complexity index is 903. The molecular weight excluding hydrogens is 358 g/mol. The second-order valence-corrected chi connectivity index (χ2v) is 7.27. The molecule has 0 bridgehead atoms. The van der Waals surface area contributed by atoms with E-state index in [-0.39, 0.29) is 11.5 Å². The van der Waals surface area contributed by atoms with Crippen LogP contribution in [0.2, 0.25) is 0 Å². The van der Waals surface area contributed by atoms with Gasteiger partial charge in [0.15, 0.2) is 0 Å². The van der Waals surface area contributed by atoms with E-state index in [1.54, 1.807) is 19.2 Å². The third-order valence-electron chi connectivity index (χ3n) is 5.34. The number of hydrogen-bond donors (Lipinski definition) is 1. The molecule has 0 aromatic carbocycles. The average Bonchev–Trinajstić information content (AvgIpc) is 3.19. The Balaban J connectivity index is 1.37. The highest BCUT2D eigenvalue weighted by Gasteiger charge is 2.21. The lowest BCUT2D eigenvalue weighted by Gasteiger charge is -2.27. The standard InChI is InChI=1S/C20H25N5O3/c1-14(25-19(26)11-16-3-2-4-17(16)23-25)20(27)22-13-15-5-6-18(21-12-15)24-7-9-28-10-8-24/h5-6,11-12,14H,2-4,7-10,13H2,1H3,(H,22,27). The highest BCUT2D eigenvalue weighted by Crippen LogP contribution is 2.18. The number of ether oxygens (including phenoxy) is 1. The van der Waals surface area contributed by atoms with Gasteiger partial charge in [0.25, 0.3) is 5.56 Å². The van der Waals surface area contributed by atoms with Gasteiger partial charge in [0, 0.05) is 31.9 Å². The number of nitrogens with zero attached hydrogens (tertiary/aromatic N) is 4. The van der Waals surface area contributed by atoms with Crippen molar-refractivity contribution in [3.8, 4) is 0 Å². The summed E-state index contributed by atoms with van der Waals surface area (Å²) in [4.78, 5) is 31.5. The number of hydrogen-bond acceptors (Lipinski definition) is 6. The van der Waals surface area contributed by atoms with E-state index in [1.807, 2.05) is 12.1 Å². The van der Waals surface area contributed by atoms with Crippen LogP contribution < -0.4 is 15.8 Å². The van der Waals surface area contributed by atoms with Crippen LogP contribution in [-0.4, -0.2) is 47.0 Å². The molecule has 0 saturated carbocycles. The minimum atomic E-state index is -0.654. The molecule has 2 aromatic heterocycles. The topological polar surface area (TPSA) is 89.3 Å². The van der Waals surface area contributed by atoms with Gasteiger partial charge in [0.1, 0.15) is 11.9 Å². The van der Waals surface area contributed by atoms with Crippen molar-refractivity contribution in [1.82, 2.24) is 20.1 Å². The van der Waals surface area contributed by atoms with Crippen LogP contribution >= 0.6 is 0 Å². The van der Waals surface area contributed by atoms with Crippen LogP contribution in [-0.2, 0) is 28.9 Å². The van der Waals surface area contributed by atoms with E-state index in [9.17, 15) is 9.59 Å². The summed E-state index contributed by atoms with van der Waals surface area (Å²) in [6.45, 7) is 5.16. The first-order valence-electron chi connectivity index (χ1n) is 9.79. The molecule has 0 spiro atoms. The number of nitrogens with one attached hydrogen (secondary N) is 1. The summed E-state index contributed by atoms with van der Waals surface area (Å²) in [5.41, 5.74) is 2.63. The SMILES string of the molecule is CC(C(=O)NCc1ccc(N2CCOCC2)nc1)n1nc2c(cc1=O)CCC2. The second kappa shape index (κ2) is 8.10. The lowest BCUT2D eigenvalue weighted by atomic mass is 10.2. The molecule has 8 heteroatoms. The number of carbonyl (C=O) groups is 1. The van der Waals surface area contributed by atoms with E-state index in [1.165, 1.54) is 4.68 Å². The van der Waals surface area contributed by atoms with E-state index in [0.717, 1.165) is 55.0 Å². The number of morpholine rings is 1. The summed E-state index contributed by atoms with van der Waals surface area (Å²) in [5.74, 6) is 0.686. The first kappa shape index (κ1) is 18.6. The van der Waals surface area contributed by atoms with E-state index in [2.05, 4.69) is 20.3 Å². The summed E-state index contributed by atoms with van der Waals surface area (Å²) in [5, 5.41) is 7.29. The van der Waals surface area contributed by atoms with Crippen molar-refractivity contribution < 1.29 is 9.53 Å². The summed E-state index contributed by atoms with van der Waals surface area (Å²) in [6.07, 6.45) is 4.55. The van der Waals surface area contributed by atoms with Crippen molar-refractivity contribution in [1.29, 1.82) is 0 Å². The highest BCUT2D eigenvalue weighted by atomic mass is 16.5. The largest absolute Gasteiger partial charge is 0.378 e. The summed E-state index contributed by atoms with van der Waals surface area (Å²) < 4.78 is 6.65. The van der Waals surface area contributed by atoms with Crippen molar-refractivity contribution in [2.75, 3.05) is 31.2 Å². The molecule has 8 nitrogen and oxygen atoms in total. The number of amides is 1. The van der Waals surface area contributed by atoms with E-state index < -0.39 is 6.04 Å². The fourth-order valence-electron chi connectivity index (χ4n) is 3.64. The normalized spacial score (nSPS) is 17.2. The Morgan fingerprint density at radius 2 is 2.11 bits per heavy atom. The first-order valence-corrected chi connectivity index (χ1v) is 9.79. The number of pyridine rings is 1. The molecule has 1 unspecified atom stereocenters. The number of anilines is 1. The van der Waals surface area contributed by atoms with Crippen molar-refractivity contribution >= 4 is 11.7 Å². The van der Waals surface area contributed by atoms with Gasteiger partial charge in [0.2, 0.25) is 5.91 Å². The van der Waals surface area contributed by atoms with Crippen LogP contribution in [0.5, 0.6) is 0 Å². The number of aryl methyl sites for hydroxylation is 2. The van der Waals surface area contributed by atoms with Crippen LogP contribution in [0, 0.1) is 0 Å². The molecule has 1 fully saturated rings. The Morgan fingerprint density at radius 3 is 2.86 bits per heavy atom. The van der Waals surface area contributed by atoms with Crippen molar-refractivity contribution in [2.24, 2.45) is 0 Å².